The number of nitrogens with zero attached hydrogens (tertiary/aromatic N) is 2. The van der Waals surface area contributed by atoms with Crippen LogP contribution in [-0.2, 0) is 13.0 Å². The molecule has 4 nitrogen and oxygen atoms in total. The van der Waals surface area contributed by atoms with Crippen molar-refractivity contribution in [2.24, 2.45) is 0 Å². The molecule has 0 aliphatic heterocycles. The third-order valence-electron chi connectivity index (χ3n) is 2.79. The number of thiophene rings is 1. The summed E-state index contributed by atoms with van der Waals surface area (Å²) < 4.78 is 0. The summed E-state index contributed by atoms with van der Waals surface area (Å²) in [5.41, 5.74) is 9.11. The molecular weight excluding hydrogens is 234 g/mol. The van der Waals surface area contributed by atoms with Crippen LogP contribution in [0.2, 0.25) is 0 Å². The van der Waals surface area contributed by atoms with Gasteiger partial charge in [0, 0.05) is 23.1 Å². The Morgan fingerprint density at radius 2 is 2.12 bits per heavy atom. The molecule has 0 atom stereocenters. The Bertz CT molecular complexity index is 537. The van der Waals surface area contributed by atoms with E-state index >= 15 is 0 Å². The number of rotatable bonds is 3. The Labute approximate surface area is 104 Å². The van der Waals surface area contributed by atoms with E-state index in [1.54, 1.807) is 17.5 Å². The molecule has 2 rings (SSSR count). The minimum atomic E-state index is 0.0936. The fourth-order valence-electron chi connectivity index (χ4n) is 1.68. The monoisotopic (exact) mass is 249 g/mol. The van der Waals surface area contributed by atoms with Crippen molar-refractivity contribution in [3.8, 4) is 0 Å². The molecule has 0 saturated heterocycles. The van der Waals surface area contributed by atoms with Crippen molar-refractivity contribution < 1.29 is 5.11 Å². The number of hydrogen-bond donors (Lipinski definition) is 2. The van der Waals surface area contributed by atoms with Crippen LogP contribution in [0.5, 0.6) is 0 Å². The van der Waals surface area contributed by atoms with E-state index in [-0.39, 0.29) is 6.61 Å². The van der Waals surface area contributed by atoms with Crippen LogP contribution in [0.15, 0.2) is 11.6 Å². The second-order valence-corrected chi connectivity index (χ2v) is 4.94. The predicted molar refractivity (Wildman–Crippen MR) is 69.0 cm³/mol. The fraction of sp³-hybridized carbons (Fsp3) is 0.333. The SMILES string of the molecule is Cc1ncc(Cc2csc(CO)c2C)c(N)n1. The van der Waals surface area contributed by atoms with E-state index in [4.69, 9.17) is 10.8 Å². The second kappa shape index (κ2) is 4.81. The quantitative estimate of drug-likeness (QED) is 0.870. The van der Waals surface area contributed by atoms with Gasteiger partial charge in [-0.1, -0.05) is 0 Å². The lowest BCUT2D eigenvalue weighted by atomic mass is 10.1. The Kier molecular flexibility index (Phi) is 3.40. The Morgan fingerprint density at radius 3 is 2.71 bits per heavy atom. The van der Waals surface area contributed by atoms with E-state index in [0.717, 1.165) is 16.0 Å². The van der Waals surface area contributed by atoms with E-state index < -0.39 is 0 Å². The maximum atomic E-state index is 9.15. The van der Waals surface area contributed by atoms with Crippen molar-refractivity contribution >= 4 is 17.2 Å². The van der Waals surface area contributed by atoms with Gasteiger partial charge in [-0.25, -0.2) is 9.97 Å². The molecule has 0 fully saturated rings. The molecule has 2 aromatic heterocycles. The Morgan fingerprint density at radius 1 is 1.35 bits per heavy atom. The molecule has 5 heteroatoms. The summed E-state index contributed by atoms with van der Waals surface area (Å²) in [6, 6.07) is 0. The predicted octanol–water partition coefficient (Wildman–Crippen LogP) is 1.82. The van der Waals surface area contributed by atoms with E-state index in [1.165, 1.54) is 5.56 Å². The molecule has 0 aromatic carbocycles. The summed E-state index contributed by atoms with van der Waals surface area (Å²) >= 11 is 1.57. The van der Waals surface area contributed by atoms with Crippen molar-refractivity contribution in [1.82, 2.24) is 9.97 Å². The van der Waals surface area contributed by atoms with Gasteiger partial charge in [0.1, 0.15) is 11.6 Å². The van der Waals surface area contributed by atoms with Gasteiger partial charge in [0.15, 0.2) is 0 Å². The summed E-state index contributed by atoms with van der Waals surface area (Å²) in [5, 5.41) is 11.2. The maximum Gasteiger partial charge on any atom is 0.130 e. The smallest absolute Gasteiger partial charge is 0.130 e. The van der Waals surface area contributed by atoms with Crippen molar-refractivity contribution in [3.05, 3.63) is 39.0 Å². The highest BCUT2D eigenvalue weighted by Crippen LogP contribution is 2.25. The molecule has 0 spiro atoms. The first kappa shape index (κ1) is 12.0. The molecule has 0 saturated carbocycles. The molecule has 0 bridgehead atoms. The first-order valence-corrected chi connectivity index (χ1v) is 6.24. The molecule has 0 aliphatic carbocycles. The zero-order valence-corrected chi connectivity index (χ0v) is 10.7. The molecule has 0 amide bonds. The van der Waals surface area contributed by atoms with Gasteiger partial charge in [0.05, 0.1) is 6.61 Å². The number of anilines is 1. The highest BCUT2D eigenvalue weighted by Gasteiger charge is 2.10. The fourth-order valence-corrected chi connectivity index (χ4v) is 2.61. The molecule has 2 heterocycles. The standard InChI is InChI=1S/C12H15N3OS/c1-7-10(6-17-11(7)5-16)3-9-4-14-8(2)15-12(9)13/h4,6,16H,3,5H2,1-2H3,(H2,13,14,15). The van der Waals surface area contributed by atoms with Crippen LogP contribution in [0.3, 0.4) is 0 Å². The lowest BCUT2D eigenvalue weighted by Crippen LogP contribution is -2.02. The summed E-state index contributed by atoms with van der Waals surface area (Å²) in [4.78, 5) is 9.31. The van der Waals surface area contributed by atoms with Gasteiger partial charge in [-0.15, -0.1) is 11.3 Å². The number of aliphatic hydroxyl groups is 1. The van der Waals surface area contributed by atoms with Crippen LogP contribution in [0.1, 0.15) is 27.4 Å². The minimum absolute atomic E-state index is 0.0936. The number of nitrogens with two attached hydrogens (primary N) is 1. The van der Waals surface area contributed by atoms with Crippen molar-refractivity contribution in [2.45, 2.75) is 26.9 Å². The molecule has 2 aromatic rings. The summed E-state index contributed by atoms with van der Waals surface area (Å²) in [6.45, 7) is 3.93. The molecule has 0 radical (unpaired) electrons. The number of aryl methyl sites for hydroxylation is 1. The summed E-state index contributed by atoms with van der Waals surface area (Å²) in [7, 11) is 0. The van der Waals surface area contributed by atoms with Gasteiger partial charge in [0.2, 0.25) is 0 Å². The summed E-state index contributed by atoms with van der Waals surface area (Å²) in [5.74, 6) is 1.22. The lowest BCUT2D eigenvalue weighted by Gasteiger charge is -2.05. The van der Waals surface area contributed by atoms with Gasteiger partial charge in [-0.2, -0.15) is 0 Å². The van der Waals surface area contributed by atoms with Gasteiger partial charge in [0.25, 0.3) is 0 Å². The largest absolute Gasteiger partial charge is 0.391 e. The van der Waals surface area contributed by atoms with Crippen molar-refractivity contribution in [3.63, 3.8) is 0 Å². The zero-order chi connectivity index (χ0) is 12.4. The number of nitrogen functional groups attached to an aromatic ring is 1. The van der Waals surface area contributed by atoms with Crippen molar-refractivity contribution in [2.75, 3.05) is 5.73 Å². The Hall–Kier alpha value is -1.46. The van der Waals surface area contributed by atoms with Crippen molar-refractivity contribution in [1.29, 1.82) is 0 Å². The minimum Gasteiger partial charge on any atom is -0.391 e. The summed E-state index contributed by atoms with van der Waals surface area (Å²) in [6.07, 6.45) is 2.49. The van der Waals surface area contributed by atoms with E-state index in [0.29, 0.717) is 18.1 Å². The average molecular weight is 249 g/mol. The van der Waals surface area contributed by atoms with Gasteiger partial charge >= 0.3 is 0 Å². The van der Waals surface area contributed by atoms with E-state index in [9.17, 15) is 0 Å². The average Bonchev–Trinajstić information content (AvgIpc) is 2.64. The first-order valence-electron chi connectivity index (χ1n) is 5.36. The zero-order valence-electron chi connectivity index (χ0n) is 9.90. The van der Waals surface area contributed by atoms with Crippen LogP contribution in [0.4, 0.5) is 5.82 Å². The van der Waals surface area contributed by atoms with Crippen LogP contribution >= 0.6 is 11.3 Å². The highest BCUT2D eigenvalue weighted by atomic mass is 32.1. The highest BCUT2D eigenvalue weighted by molar-refractivity contribution is 7.10. The second-order valence-electron chi connectivity index (χ2n) is 3.97. The normalized spacial score (nSPS) is 10.8. The van der Waals surface area contributed by atoms with Crippen LogP contribution in [0.25, 0.3) is 0 Å². The topological polar surface area (TPSA) is 72.0 Å². The third kappa shape index (κ3) is 2.45. The molecule has 90 valence electrons. The number of aliphatic hydroxyl groups excluding tert-OH is 1. The van der Waals surface area contributed by atoms with E-state index in [1.807, 2.05) is 13.8 Å². The maximum absolute atomic E-state index is 9.15. The van der Waals surface area contributed by atoms with Gasteiger partial charge in [-0.3, -0.25) is 0 Å². The third-order valence-corrected chi connectivity index (χ3v) is 3.91. The van der Waals surface area contributed by atoms with Gasteiger partial charge < -0.3 is 10.8 Å². The van der Waals surface area contributed by atoms with Gasteiger partial charge in [-0.05, 0) is 30.4 Å². The molecule has 3 N–H and O–H groups in total. The van der Waals surface area contributed by atoms with Crippen LogP contribution < -0.4 is 5.73 Å². The number of hydrogen-bond acceptors (Lipinski definition) is 5. The number of aromatic nitrogens is 2. The van der Waals surface area contributed by atoms with Crippen LogP contribution in [-0.4, -0.2) is 15.1 Å². The molecule has 0 unspecified atom stereocenters. The lowest BCUT2D eigenvalue weighted by molar-refractivity contribution is 0.285. The van der Waals surface area contributed by atoms with E-state index in [2.05, 4.69) is 15.3 Å². The first-order chi connectivity index (χ1) is 8.11. The molecule has 17 heavy (non-hydrogen) atoms. The van der Waals surface area contributed by atoms with Crippen LogP contribution in [0, 0.1) is 13.8 Å². The molecular formula is C12H15N3OS. The molecule has 0 aliphatic rings. The Balaban J connectivity index is 2.28.